The van der Waals surface area contributed by atoms with Crippen LogP contribution in [0, 0.1) is 6.92 Å². The predicted molar refractivity (Wildman–Crippen MR) is 87.6 cm³/mol. The van der Waals surface area contributed by atoms with Crippen LogP contribution in [0.1, 0.15) is 40.9 Å². The zero-order chi connectivity index (χ0) is 15.2. The molecule has 0 aliphatic carbocycles. The summed E-state index contributed by atoms with van der Waals surface area (Å²) < 4.78 is 0. The van der Waals surface area contributed by atoms with Crippen LogP contribution in [0.3, 0.4) is 0 Å². The molecule has 0 saturated carbocycles. The summed E-state index contributed by atoms with van der Waals surface area (Å²) in [6, 6.07) is 16.7. The molecule has 2 aromatic carbocycles. The molecule has 0 aliphatic heterocycles. The summed E-state index contributed by atoms with van der Waals surface area (Å²) in [5.74, 6) is 0.00895. The van der Waals surface area contributed by atoms with Gasteiger partial charge in [0.2, 0.25) is 0 Å². The number of aryl methyl sites for hydroxylation is 3. The number of hydrogen-bond donors (Lipinski definition) is 1. The second-order valence-corrected chi connectivity index (χ2v) is 5.82. The first kappa shape index (κ1) is 15.3. The van der Waals surface area contributed by atoms with Crippen molar-refractivity contribution in [3.8, 4) is 0 Å². The minimum Gasteiger partial charge on any atom is -0.350 e. The maximum atomic E-state index is 12.1. The van der Waals surface area contributed by atoms with E-state index in [1.807, 2.05) is 39.0 Å². The summed E-state index contributed by atoms with van der Waals surface area (Å²) in [6.07, 6.45) is 1.95. The van der Waals surface area contributed by atoms with Crippen LogP contribution in [0.4, 0.5) is 0 Å². The van der Waals surface area contributed by atoms with Crippen molar-refractivity contribution in [1.29, 1.82) is 0 Å². The Morgan fingerprint density at radius 1 is 1.00 bits per heavy atom. The van der Waals surface area contributed by atoms with Gasteiger partial charge in [-0.25, -0.2) is 0 Å². The number of carbonyl (C=O) groups excluding carboxylic acids is 1. The maximum Gasteiger partial charge on any atom is 0.251 e. The normalized spacial score (nSPS) is 10.7. The molecule has 1 N–H and O–H groups in total. The summed E-state index contributed by atoms with van der Waals surface area (Å²) >= 11 is 0. The third-order valence-electron chi connectivity index (χ3n) is 3.36. The molecule has 0 spiro atoms. The monoisotopic (exact) mass is 281 g/mol. The van der Waals surface area contributed by atoms with Crippen LogP contribution in [0.15, 0.2) is 48.5 Å². The molecule has 0 bridgehead atoms. The predicted octanol–water partition coefficient (Wildman–Crippen LogP) is 3.92. The van der Waals surface area contributed by atoms with Crippen LogP contribution in [-0.4, -0.2) is 11.9 Å². The Labute approximate surface area is 127 Å². The summed E-state index contributed by atoms with van der Waals surface area (Å²) in [4.78, 5) is 12.1. The molecule has 2 heteroatoms. The van der Waals surface area contributed by atoms with Crippen molar-refractivity contribution in [3.63, 3.8) is 0 Å². The first-order chi connectivity index (χ1) is 10.0. The van der Waals surface area contributed by atoms with Crippen LogP contribution >= 0.6 is 0 Å². The lowest BCUT2D eigenvalue weighted by molar-refractivity contribution is 0.0943. The van der Waals surface area contributed by atoms with Crippen LogP contribution in [0.2, 0.25) is 0 Å². The molecule has 2 rings (SSSR count). The molecule has 0 saturated heterocycles. The Bertz CT molecular complexity index is 602. The van der Waals surface area contributed by atoms with Crippen LogP contribution < -0.4 is 5.32 Å². The van der Waals surface area contributed by atoms with Gasteiger partial charge in [-0.15, -0.1) is 0 Å². The summed E-state index contributed by atoms with van der Waals surface area (Å²) in [5.41, 5.74) is 4.43. The van der Waals surface area contributed by atoms with Crippen molar-refractivity contribution in [3.05, 3.63) is 70.8 Å². The van der Waals surface area contributed by atoms with E-state index in [-0.39, 0.29) is 11.9 Å². The standard InChI is InChI=1S/C19H23NO/c1-14(2)20-19(21)18-12-15(3)11-17(13-18)10-9-16-7-5-4-6-8-16/h4-8,11-14H,9-10H2,1-3H3,(H,20,21). The number of carbonyl (C=O) groups is 1. The zero-order valence-electron chi connectivity index (χ0n) is 13.0. The third-order valence-corrected chi connectivity index (χ3v) is 3.36. The van der Waals surface area contributed by atoms with Gasteiger partial charge in [0, 0.05) is 11.6 Å². The van der Waals surface area contributed by atoms with Gasteiger partial charge >= 0.3 is 0 Å². The van der Waals surface area contributed by atoms with Gasteiger partial charge < -0.3 is 5.32 Å². The van der Waals surface area contributed by atoms with Gasteiger partial charge in [0.15, 0.2) is 0 Å². The van der Waals surface area contributed by atoms with E-state index in [9.17, 15) is 4.79 Å². The molecule has 2 nitrogen and oxygen atoms in total. The van der Waals surface area contributed by atoms with E-state index >= 15 is 0 Å². The zero-order valence-corrected chi connectivity index (χ0v) is 13.0. The van der Waals surface area contributed by atoms with E-state index in [1.165, 1.54) is 11.1 Å². The Morgan fingerprint density at radius 2 is 1.67 bits per heavy atom. The highest BCUT2D eigenvalue weighted by atomic mass is 16.1. The van der Waals surface area contributed by atoms with Gasteiger partial charge in [-0.1, -0.05) is 42.0 Å². The van der Waals surface area contributed by atoms with E-state index in [0.29, 0.717) is 0 Å². The van der Waals surface area contributed by atoms with Crippen molar-refractivity contribution in [2.75, 3.05) is 0 Å². The minimum absolute atomic E-state index is 0.00895. The third kappa shape index (κ3) is 4.75. The second kappa shape index (κ2) is 7.07. The first-order valence-electron chi connectivity index (χ1n) is 7.50. The SMILES string of the molecule is Cc1cc(CCc2ccccc2)cc(C(=O)NC(C)C)c1. The van der Waals surface area contributed by atoms with Gasteiger partial charge in [0.05, 0.1) is 0 Å². The topological polar surface area (TPSA) is 29.1 Å². The lowest BCUT2D eigenvalue weighted by Gasteiger charge is -2.11. The molecule has 0 fully saturated rings. The molecule has 0 aromatic heterocycles. The van der Waals surface area contributed by atoms with Crippen LogP contribution in [0.25, 0.3) is 0 Å². The molecule has 0 atom stereocenters. The fraction of sp³-hybridized carbons (Fsp3) is 0.316. The molecular weight excluding hydrogens is 258 g/mol. The molecule has 0 unspecified atom stereocenters. The average Bonchev–Trinajstić information content (AvgIpc) is 2.45. The van der Waals surface area contributed by atoms with Gasteiger partial charge in [0.1, 0.15) is 0 Å². The maximum absolute atomic E-state index is 12.1. The number of rotatable bonds is 5. The summed E-state index contributed by atoms with van der Waals surface area (Å²) in [5, 5.41) is 2.95. The number of amides is 1. The highest BCUT2D eigenvalue weighted by Gasteiger charge is 2.08. The average molecular weight is 281 g/mol. The molecular formula is C19H23NO. The van der Waals surface area contributed by atoms with E-state index in [4.69, 9.17) is 0 Å². The molecule has 1 amide bonds. The largest absolute Gasteiger partial charge is 0.350 e. The number of nitrogens with one attached hydrogen (secondary N) is 1. The molecule has 0 heterocycles. The van der Waals surface area contributed by atoms with Crippen molar-refractivity contribution in [2.24, 2.45) is 0 Å². The smallest absolute Gasteiger partial charge is 0.251 e. The summed E-state index contributed by atoms with van der Waals surface area (Å²) in [7, 11) is 0. The minimum atomic E-state index is 0.00895. The highest BCUT2D eigenvalue weighted by molar-refractivity contribution is 5.94. The van der Waals surface area contributed by atoms with Gasteiger partial charge in [-0.2, -0.15) is 0 Å². The van der Waals surface area contributed by atoms with Crippen LogP contribution in [0.5, 0.6) is 0 Å². The highest BCUT2D eigenvalue weighted by Crippen LogP contribution is 2.13. The number of benzene rings is 2. The lowest BCUT2D eigenvalue weighted by Crippen LogP contribution is -2.30. The van der Waals surface area contributed by atoms with Crippen molar-refractivity contribution < 1.29 is 4.79 Å². The van der Waals surface area contributed by atoms with Gasteiger partial charge in [-0.05, 0) is 56.9 Å². The van der Waals surface area contributed by atoms with E-state index in [1.54, 1.807) is 0 Å². The molecule has 110 valence electrons. The lowest BCUT2D eigenvalue weighted by atomic mass is 10.00. The molecule has 21 heavy (non-hydrogen) atoms. The van der Waals surface area contributed by atoms with E-state index in [2.05, 4.69) is 35.6 Å². The van der Waals surface area contributed by atoms with E-state index in [0.717, 1.165) is 24.0 Å². The quantitative estimate of drug-likeness (QED) is 0.884. The Kier molecular flexibility index (Phi) is 5.15. The van der Waals surface area contributed by atoms with Crippen LogP contribution in [-0.2, 0) is 12.8 Å². The summed E-state index contributed by atoms with van der Waals surface area (Å²) in [6.45, 7) is 5.99. The van der Waals surface area contributed by atoms with Gasteiger partial charge in [-0.3, -0.25) is 4.79 Å². The Hall–Kier alpha value is -2.09. The fourth-order valence-electron chi connectivity index (χ4n) is 2.42. The molecule has 0 aliphatic rings. The second-order valence-electron chi connectivity index (χ2n) is 5.82. The number of hydrogen-bond acceptors (Lipinski definition) is 1. The van der Waals surface area contributed by atoms with Gasteiger partial charge in [0.25, 0.3) is 5.91 Å². The van der Waals surface area contributed by atoms with Crippen molar-refractivity contribution >= 4 is 5.91 Å². The van der Waals surface area contributed by atoms with Crippen molar-refractivity contribution in [2.45, 2.75) is 39.7 Å². The van der Waals surface area contributed by atoms with Crippen molar-refractivity contribution in [1.82, 2.24) is 5.32 Å². The Morgan fingerprint density at radius 3 is 2.33 bits per heavy atom. The molecule has 2 aromatic rings. The Balaban J connectivity index is 2.10. The fourth-order valence-corrected chi connectivity index (χ4v) is 2.42. The first-order valence-corrected chi connectivity index (χ1v) is 7.50. The van der Waals surface area contributed by atoms with E-state index < -0.39 is 0 Å². The molecule has 0 radical (unpaired) electrons.